The molecule has 2 aromatic carbocycles. The molecule has 1 heterocycles. The van der Waals surface area contributed by atoms with Crippen LogP contribution in [-0.2, 0) is 24.1 Å². The summed E-state index contributed by atoms with van der Waals surface area (Å²) >= 11 is 1.40. The fraction of sp³-hybridized carbons (Fsp3) is 0.238. The molecule has 0 aliphatic rings. The highest BCUT2D eigenvalue weighted by molar-refractivity contribution is 7.10. The van der Waals surface area contributed by atoms with Crippen molar-refractivity contribution >= 4 is 28.7 Å². The van der Waals surface area contributed by atoms with Crippen LogP contribution in [0, 0.1) is 0 Å². The van der Waals surface area contributed by atoms with E-state index in [0.717, 1.165) is 36.6 Å². The lowest BCUT2D eigenvalue weighted by atomic mass is 10.1. The molecule has 0 aliphatic carbocycles. The molecule has 0 spiro atoms. The summed E-state index contributed by atoms with van der Waals surface area (Å²) in [4.78, 5) is 16.1. The molecule has 0 saturated heterocycles. The van der Waals surface area contributed by atoms with Gasteiger partial charge in [0.15, 0.2) is 0 Å². The quantitative estimate of drug-likeness (QED) is 0.498. The number of hydrogen-bond acceptors (Lipinski definition) is 5. The first-order valence-electron chi connectivity index (χ1n) is 9.02. The Kier molecular flexibility index (Phi) is 6.96. The molecule has 1 amide bonds. The Bertz CT molecular complexity index is 846. The van der Waals surface area contributed by atoms with Crippen molar-refractivity contribution in [2.75, 3.05) is 24.1 Å². The minimum atomic E-state index is -0.0836. The van der Waals surface area contributed by atoms with Crippen molar-refractivity contribution < 1.29 is 4.79 Å². The maximum atomic E-state index is 12.0. The third-order valence-corrected chi connectivity index (χ3v) is 5.01. The molecule has 3 aromatic rings. The van der Waals surface area contributed by atoms with Crippen LogP contribution < -0.4 is 16.4 Å². The maximum absolute atomic E-state index is 12.0. The number of benzene rings is 2. The molecule has 140 valence electrons. The van der Waals surface area contributed by atoms with Gasteiger partial charge >= 0.3 is 0 Å². The molecule has 3 rings (SSSR count). The van der Waals surface area contributed by atoms with Crippen LogP contribution in [0.2, 0.25) is 0 Å². The van der Waals surface area contributed by atoms with Crippen LogP contribution in [0.5, 0.6) is 0 Å². The van der Waals surface area contributed by atoms with Crippen molar-refractivity contribution in [2.24, 2.45) is 0 Å². The van der Waals surface area contributed by atoms with E-state index in [1.54, 1.807) is 5.38 Å². The monoisotopic (exact) mass is 380 g/mol. The van der Waals surface area contributed by atoms with Gasteiger partial charge in [0, 0.05) is 11.1 Å². The Morgan fingerprint density at radius 2 is 1.63 bits per heavy atom. The van der Waals surface area contributed by atoms with Crippen molar-refractivity contribution in [3.05, 3.63) is 76.1 Å². The van der Waals surface area contributed by atoms with E-state index in [2.05, 4.69) is 52.0 Å². The van der Waals surface area contributed by atoms with Gasteiger partial charge in [-0.15, -0.1) is 11.3 Å². The number of nitrogens with one attached hydrogen (secondary N) is 2. The lowest BCUT2D eigenvalue weighted by Gasteiger charge is -2.07. The predicted molar refractivity (Wildman–Crippen MR) is 112 cm³/mol. The van der Waals surface area contributed by atoms with Crippen molar-refractivity contribution in [1.82, 2.24) is 10.3 Å². The van der Waals surface area contributed by atoms with Crippen molar-refractivity contribution in [3.8, 4) is 0 Å². The average Bonchev–Trinajstić information content (AvgIpc) is 3.08. The SMILES string of the molecule is Nc1csc(CC(=O)Nc2ccc(CCNCCc3ccccc3)cc2)n1. The number of aromatic nitrogens is 1. The summed E-state index contributed by atoms with van der Waals surface area (Å²) < 4.78 is 0. The molecule has 0 unspecified atom stereocenters. The second-order valence-corrected chi connectivity index (χ2v) is 7.27. The predicted octanol–water partition coefficient (Wildman–Crippen LogP) is 3.28. The molecule has 0 saturated carbocycles. The van der Waals surface area contributed by atoms with E-state index in [9.17, 15) is 4.79 Å². The van der Waals surface area contributed by atoms with E-state index < -0.39 is 0 Å². The van der Waals surface area contributed by atoms with Gasteiger partial charge in [-0.25, -0.2) is 4.98 Å². The van der Waals surface area contributed by atoms with Gasteiger partial charge in [-0.3, -0.25) is 4.79 Å². The molecule has 6 heteroatoms. The molecule has 0 bridgehead atoms. The fourth-order valence-corrected chi connectivity index (χ4v) is 3.42. The summed E-state index contributed by atoms with van der Waals surface area (Å²) in [6.07, 6.45) is 2.24. The molecular weight excluding hydrogens is 356 g/mol. The van der Waals surface area contributed by atoms with Gasteiger partial charge in [0.2, 0.25) is 5.91 Å². The number of thiazole rings is 1. The summed E-state index contributed by atoms with van der Waals surface area (Å²) in [5.41, 5.74) is 8.97. The van der Waals surface area contributed by atoms with E-state index >= 15 is 0 Å². The van der Waals surface area contributed by atoms with E-state index in [1.165, 1.54) is 22.5 Å². The topological polar surface area (TPSA) is 80.0 Å². The number of hydrogen-bond donors (Lipinski definition) is 3. The largest absolute Gasteiger partial charge is 0.383 e. The van der Waals surface area contributed by atoms with Crippen LogP contribution in [-0.4, -0.2) is 24.0 Å². The molecule has 0 fully saturated rings. The van der Waals surface area contributed by atoms with Gasteiger partial charge in [0.25, 0.3) is 0 Å². The molecular formula is C21H24N4OS. The summed E-state index contributed by atoms with van der Waals surface area (Å²) in [5, 5.41) is 8.83. The average molecular weight is 381 g/mol. The van der Waals surface area contributed by atoms with Crippen LogP contribution in [0.3, 0.4) is 0 Å². The number of anilines is 2. The molecule has 4 N–H and O–H groups in total. The van der Waals surface area contributed by atoms with Crippen LogP contribution in [0.1, 0.15) is 16.1 Å². The Balaban J connectivity index is 1.36. The highest BCUT2D eigenvalue weighted by atomic mass is 32.1. The molecule has 0 radical (unpaired) electrons. The normalized spacial score (nSPS) is 10.7. The van der Waals surface area contributed by atoms with Crippen molar-refractivity contribution in [3.63, 3.8) is 0 Å². The first-order chi connectivity index (χ1) is 13.2. The van der Waals surface area contributed by atoms with E-state index in [4.69, 9.17) is 5.73 Å². The number of nitrogens with two attached hydrogens (primary N) is 1. The third-order valence-electron chi connectivity index (χ3n) is 4.14. The van der Waals surface area contributed by atoms with E-state index in [1.807, 2.05) is 18.2 Å². The fourth-order valence-electron chi connectivity index (χ4n) is 2.74. The number of rotatable bonds is 9. The van der Waals surface area contributed by atoms with Crippen LogP contribution >= 0.6 is 11.3 Å². The molecule has 5 nitrogen and oxygen atoms in total. The molecule has 0 aliphatic heterocycles. The van der Waals surface area contributed by atoms with Gasteiger partial charge in [-0.2, -0.15) is 0 Å². The van der Waals surface area contributed by atoms with Crippen LogP contribution in [0.15, 0.2) is 60.0 Å². The van der Waals surface area contributed by atoms with E-state index in [0.29, 0.717) is 5.82 Å². The Labute approximate surface area is 163 Å². The highest BCUT2D eigenvalue weighted by Crippen LogP contribution is 2.14. The molecule has 0 atom stereocenters. The minimum absolute atomic E-state index is 0.0836. The molecule has 27 heavy (non-hydrogen) atoms. The molecule has 1 aromatic heterocycles. The number of nitrogens with zero attached hydrogens (tertiary/aromatic N) is 1. The van der Waals surface area contributed by atoms with Crippen LogP contribution in [0.4, 0.5) is 11.5 Å². The zero-order chi connectivity index (χ0) is 18.9. The van der Waals surface area contributed by atoms with Crippen LogP contribution in [0.25, 0.3) is 0 Å². The first-order valence-corrected chi connectivity index (χ1v) is 9.90. The first kappa shape index (κ1) is 19.1. The summed E-state index contributed by atoms with van der Waals surface area (Å²) in [6.45, 7) is 1.91. The smallest absolute Gasteiger partial charge is 0.231 e. The van der Waals surface area contributed by atoms with Gasteiger partial charge in [-0.05, 0) is 49.2 Å². The zero-order valence-electron chi connectivity index (χ0n) is 15.2. The van der Waals surface area contributed by atoms with Gasteiger partial charge in [0.05, 0.1) is 6.42 Å². The van der Waals surface area contributed by atoms with Gasteiger partial charge < -0.3 is 16.4 Å². The highest BCUT2D eigenvalue weighted by Gasteiger charge is 2.07. The number of carbonyl (C=O) groups excluding carboxylic acids is 1. The lowest BCUT2D eigenvalue weighted by molar-refractivity contribution is -0.115. The van der Waals surface area contributed by atoms with Gasteiger partial charge in [0.1, 0.15) is 10.8 Å². The maximum Gasteiger partial charge on any atom is 0.231 e. The zero-order valence-corrected chi connectivity index (χ0v) is 16.0. The Morgan fingerprint density at radius 1 is 0.963 bits per heavy atom. The Morgan fingerprint density at radius 3 is 2.26 bits per heavy atom. The van der Waals surface area contributed by atoms with Gasteiger partial charge in [-0.1, -0.05) is 42.5 Å². The second kappa shape index (κ2) is 9.85. The summed E-state index contributed by atoms with van der Waals surface area (Å²) in [7, 11) is 0. The number of amides is 1. The summed E-state index contributed by atoms with van der Waals surface area (Å²) in [5.74, 6) is 0.379. The van der Waals surface area contributed by atoms with Crippen molar-refractivity contribution in [2.45, 2.75) is 19.3 Å². The minimum Gasteiger partial charge on any atom is -0.383 e. The standard InChI is InChI=1S/C21H24N4OS/c22-19-15-27-21(25-19)14-20(26)24-18-8-6-17(7-9-18)11-13-23-12-10-16-4-2-1-3-5-16/h1-9,15,23H,10-14,22H2,(H,24,26). The van der Waals surface area contributed by atoms with Crippen molar-refractivity contribution in [1.29, 1.82) is 0 Å². The lowest BCUT2D eigenvalue weighted by Crippen LogP contribution is -2.20. The Hall–Kier alpha value is -2.70. The number of nitrogen functional groups attached to an aromatic ring is 1. The number of carbonyl (C=O) groups is 1. The third kappa shape index (κ3) is 6.51. The second-order valence-electron chi connectivity index (χ2n) is 6.32. The van der Waals surface area contributed by atoms with E-state index in [-0.39, 0.29) is 12.3 Å². The summed E-state index contributed by atoms with van der Waals surface area (Å²) in [6, 6.07) is 18.5.